The van der Waals surface area contributed by atoms with Crippen molar-refractivity contribution in [1.29, 1.82) is 0 Å². The molecule has 0 saturated heterocycles. The first-order valence-electron chi connectivity index (χ1n) is 6.06. The standard InChI is InChI=1S/C11H20ClN3O2S2/c1-5-15(8-6-7-14(3)4)19(16,17)10-9(2)13-11(12)18-10/h5-8H2,1-4H3. The summed E-state index contributed by atoms with van der Waals surface area (Å²) in [7, 11) is 0.468. The molecule has 110 valence electrons. The molecule has 0 aliphatic carbocycles. The fourth-order valence-electron chi connectivity index (χ4n) is 1.72. The smallest absolute Gasteiger partial charge is 0.254 e. The zero-order chi connectivity index (χ0) is 14.6. The lowest BCUT2D eigenvalue weighted by Gasteiger charge is -2.20. The maximum absolute atomic E-state index is 12.5. The highest BCUT2D eigenvalue weighted by atomic mass is 35.5. The van der Waals surface area contributed by atoms with E-state index < -0.39 is 10.0 Å². The minimum Gasteiger partial charge on any atom is -0.309 e. The van der Waals surface area contributed by atoms with E-state index in [-0.39, 0.29) is 8.68 Å². The molecule has 1 aromatic heterocycles. The van der Waals surface area contributed by atoms with Crippen LogP contribution in [0.5, 0.6) is 0 Å². The van der Waals surface area contributed by atoms with E-state index in [4.69, 9.17) is 11.6 Å². The molecule has 0 radical (unpaired) electrons. The summed E-state index contributed by atoms with van der Waals surface area (Å²) in [6.07, 6.45) is 0.797. The van der Waals surface area contributed by atoms with Gasteiger partial charge >= 0.3 is 0 Å². The number of halogens is 1. The number of thiazole rings is 1. The third-order valence-corrected chi connectivity index (χ3v) is 6.49. The summed E-state index contributed by atoms with van der Waals surface area (Å²) in [5, 5.41) is 0. The Balaban J connectivity index is 2.87. The number of hydrogen-bond donors (Lipinski definition) is 0. The van der Waals surface area contributed by atoms with E-state index in [9.17, 15) is 8.42 Å². The lowest BCUT2D eigenvalue weighted by atomic mass is 10.4. The zero-order valence-electron chi connectivity index (χ0n) is 11.7. The van der Waals surface area contributed by atoms with Crippen LogP contribution in [0, 0.1) is 6.92 Å². The molecule has 0 aliphatic rings. The number of nitrogens with zero attached hydrogens (tertiary/aromatic N) is 3. The quantitative estimate of drug-likeness (QED) is 0.770. The molecule has 0 bridgehead atoms. The van der Waals surface area contributed by atoms with Crippen molar-refractivity contribution in [2.45, 2.75) is 24.5 Å². The SMILES string of the molecule is CCN(CCCN(C)C)S(=O)(=O)c1sc(Cl)nc1C. The largest absolute Gasteiger partial charge is 0.309 e. The van der Waals surface area contributed by atoms with Gasteiger partial charge in [0, 0.05) is 13.1 Å². The minimum absolute atomic E-state index is 0.254. The van der Waals surface area contributed by atoms with Crippen LogP contribution in [0.4, 0.5) is 0 Å². The van der Waals surface area contributed by atoms with Crippen LogP contribution < -0.4 is 0 Å². The molecule has 1 rings (SSSR count). The highest BCUT2D eigenvalue weighted by molar-refractivity contribution is 7.91. The Morgan fingerprint density at radius 1 is 1.32 bits per heavy atom. The predicted molar refractivity (Wildman–Crippen MR) is 79.5 cm³/mol. The predicted octanol–water partition coefficient (Wildman–Crippen LogP) is 2.07. The lowest BCUT2D eigenvalue weighted by Crippen LogP contribution is -2.33. The van der Waals surface area contributed by atoms with E-state index in [0.717, 1.165) is 24.3 Å². The molecule has 1 aromatic rings. The Kier molecular flexibility index (Phi) is 6.19. The second-order valence-electron chi connectivity index (χ2n) is 4.49. The van der Waals surface area contributed by atoms with Gasteiger partial charge in [-0.2, -0.15) is 4.31 Å². The number of aromatic nitrogens is 1. The summed E-state index contributed by atoms with van der Waals surface area (Å²) < 4.78 is 27.0. The topological polar surface area (TPSA) is 53.5 Å². The molecule has 1 heterocycles. The van der Waals surface area contributed by atoms with Gasteiger partial charge in [-0.1, -0.05) is 29.9 Å². The molecule has 0 aliphatic heterocycles. The van der Waals surface area contributed by atoms with Gasteiger partial charge in [0.15, 0.2) is 8.68 Å². The van der Waals surface area contributed by atoms with Crippen LogP contribution in [0.2, 0.25) is 4.47 Å². The first kappa shape index (κ1) is 16.8. The van der Waals surface area contributed by atoms with Gasteiger partial charge in [0.2, 0.25) is 0 Å². The molecule has 0 saturated carbocycles. The fraction of sp³-hybridized carbons (Fsp3) is 0.727. The summed E-state index contributed by atoms with van der Waals surface area (Å²) in [6.45, 7) is 5.32. The van der Waals surface area contributed by atoms with Gasteiger partial charge in [-0.25, -0.2) is 13.4 Å². The maximum Gasteiger partial charge on any atom is 0.254 e. The third-order valence-electron chi connectivity index (χ3n) is 2.67. The van der Waals surface area contributed by atoms with Gasteiger partial charge < -0.3 is 4.90 Å². The highest BCUT2D eigenvalue weighted by Crippen LogP contribution is 2.29. The van der Waals surface area contributed by atoms with E-state index in [1.807, 2.05) is 25.9 Å². The van der Waals surface area contributed by atoms with E-state index in [0.29, 0.717) is 18.8 Å². The Hall–Kier alpha value is -0.210. The van der Waals surface area contributed by atoms with E-state index >= 15 is 0 Å². The normalized spacial score (nSPS) is 12.6. The Morgan fingerprint density at radius 3 is 2.37 bits per heavy atom. The van der Waals surface area contributed by atoms with Crippen LogP contribution >= 0.6 is 22.9 Å². The number of hydrogen-bond acceptors (Lipinski definition) is 5. The summed E-state index contributed by atoms with van der Waals surface area (Å²) in [5.74, 6) is 0. The number of aryl methyl sites for hydroxylation is 1. The van der Waals surface area contributed by atoms with Crippen LogP contribution in [0.1, 0.15) is 19.0 Å². The molecule has 0 unspecified atom stereocenters. The lowest BCUT2D eigenvalue weighted by molar-refractivity contribution is 0.356. The van der Waals surface area contributed by atoms with Crippen LogP contribution in [0.15, 0.2) is 4.21 Å². The fourth-order valence-corrected chi connectivity index (χ4v) is 5.08. The van der Waals surface area contributed by atoms with Gasteiger partial charge in [0.1, 0.15) is 0 Å². The Morgan fingerprint density at radius 2 is 1.95 bits per heavy atom. The molecule has 0 atom stereocenters. The summed E-state index contributed by atoms with van der Waals surface area (Å²) >= 11 is 6.80. The van der Waals surface area contributed by atoms with Crippen LogP contribution in [0.3, 0.4) is 0 Å². The Bertz CT molecular complexity index is 514. The van der Waals surface area contributed by atoms with Gasteiger partial charge in [-0.05, 0) is 34.0 Å². The zero-order valence-corrected chi connectivity index (χ0v) is 14.1. The molecule has 0 N–H and O–H groups in total. The summed E-state index contributed by atoms with van der Waals surface area (Å²) in [6, 6.07) is 0. The third kappa shape index (κ3) is 4.39. The van der Waals surface area contributed by atoms with Crippen molar-refractivity contribution in [1.82, 2.24) is 14.2 Å². The molecule has 19 heavy (non-hydrogen) atoms. The first-order valence-corrected chi connectivity index (χ1v) is 8.70. The Labute approximate surface area is 124 Å². The van der Waals surface area contributed by atoms with Crippen molar-refractivity contribution in [3.05, 3.63) is 10.2 Å². The average molecular weight is 326 g/mol. The molecule has 5 nitrogen and oxygen atoms in total. The van der Waals surface area contributed by atoms with Crippen molar-refractivity contribution in [2.24, 2.45) is 0 Å². The van der Waals surface area contributed by atoms with Crippen LogP contribution in [-0.4, -0.2) is 56.3 Å². The molecule has 0 spiro atoms. The molecule has 8 heteroatoms. The van der Waals surface area contributed by atoms with Crippen LogP contribution in [0.25, 0.3) is 0 Å². The van der Waals surface area contributed by atoms with Crippen molar-refractivity contribution in [3.63, 3.8) is 0 Å². The monoisotopic (exact) mass is 325 g/mol. The molecule has 0 amide bonds. The van der Waals surface area contributed by atoms with Crippen molar-refractivity contribution in [3.8, 4) is 0 Å². The van der Waals surface area contributed by atoms with Gasteiger partial charge in [0.05, 0.1) is 5.69 Å². The van der Waals surface area contributed by atoms with E-state index in [2.05, 4.69) is 4.98 Å². The molecular weight excluding hydrogens is 306 g/mol. The second kappa shape index (κ2) is 6.99. The number of sulfonamides is 1. The minimum atomic E-state index is -3.47. The van der Waals surface area contributed by atoms with E-state index in [1.54, 1.807) is 6.92 Å². The van der Waals surface area contributed by atoms with Crippen molar-refractivity contribution >= 4 is 33.0 Å². The number of rotatable bonds is 7. The maximum atomic E-state index is 12.5. The molecular formula is C11H20ClN3O2S2. The van der Waals surface area contributed by atoms with Gasteiger partial charge in [0.25, 0.3) is 10.0 Å². The molecule has 0 fully saturated rings. The molecule has 0 aromatic carbocycles. The van der Waals surface area contributed by atoms with Crippen molar-refractivity contribution < 1.29 is 8.42 Å². The van der Waals surface area contributed by atoms with Gasteiger partial charge in [-0.3, -0.25) is 0 Å². The first-order chi connectivity index (χ1) is 8.78. The second-order valence-corrected chi connectivity index (χ2v) is 8.21. The summed E-state index contributed by atoms with van der Waals surface area (Å²) in [4.78, 5) is 6.01. The van der Waals surface area contributed by atoms with Crippen LogP contribution in [-0.2, 0) is 10.0 Å². The average Bonchev–Trinajstić information content (AvgIpc) is 2.64. The summed E-state index contributed by atoms with van der Waals surface area (Å²) in [5.41, 5.74) is 0.473. The van der Waals surface area contributed by atoms with Crippen molar-refractivity contribution in [2.75, 3.05) is 33.7 Å². The highest BCUT2D eigenvalue weighted by Gasteiger charge is 2.27. The van der Waals surface area contributed by atoms with Gasteiger partial charge in [-0.15, -0.1) is 0 Å². The van der Waals surface area contributed by atoms with E-state index in [1.165, 1.54) is 4.31 Å².